The maximum Gasteiger partial charge on any atom is 0.416 e. The van der Waals surface area contributed by atoms with E-state index in [1.165, 1.54) is 18.2 Å². The monoisotopic (exact) mass is 557 g/mol. The summed E-state index contributed by atoms with van der Waals surface area (Å²) in [5.74, 6) is 0.119. The number of carboxylic acids is 1. The minimum Gasteiger partial charge on any atom is -0.477 e. The predicted octanol–water partition coefficient (Wildman–Crippen LogP) is 4.64. The summed E-state index contributed by atoms with van der Waals surface area (Å²) in [7, 11) is 1.81. The quantitative estimate of drug-likeness (QED) is 0.299. The molecule has 2 heterocycles. The number of aromatic nitrogens is 4. The van der Waals surface area contributed by atoms with Crippen LogP contribution in [0.1, 0.15) is 71.8 Å². The van der Waals surface area contributed by atoms with E-state index in [0.717, 1.165) is 30.7 Å². The van der Waals surface area contributed by atoms with Gasteiger partial charge in [0.1, 0.15) is 5.82 Å². The van der Waals surface area contributed by atoms with Crippen molar-refractivity contribution in [3.8, 4) is 0 Å². The summed E-state index contributed by atoms with van der Waals surface area (Å²) in [6.07, 6.45) is 0.350. The van der Waals surface area contributed by atoms with E-state index in [1.807, 2.05) is 18.0 Å². The number of carbonyl (C=O) groups is 2. The van der Waals surface area contributed by atoms with Crippen molar-refractivity contribution in [1.29, 1.82) is 0 Å². The second-order valence-electron chi connectivity index (χ2n) is 10.4. The van der Waals surface area contributed by atoms with E-state index in [1.54, 1.807) is 0 Å². The average Bonchev–Trinajstić information content (AvgIpc) is 3.66. The molecular formula is C27H30F3N7O3. The fraction of sp³-hybridized carbons (Fsp3) is 0.444. The summed E-state index contributed by atoms with van der Waals surface area (Å²) in [5.41, 5.74) is 0.416. The van der Waals surface area contributed by atoms with Gasteiger partial charge in [-0.1, -0.05) is 18.2 Å². The van der Waals surface area contributed by atoms with Gasteiger partial charge in [-0.25, -0.2) is 9.78 Å². The molecule has 40 heavy (non-hydrogen) atoms. The van der Waals surface area contributed by atoms with Gasteiger partial charge in [-0.3, -0.25) is 9.89 Å². The molecule has 0 atom stereocenters. The number of H-pyrrole nitrogens is 1. The molecule has 1 aromatic carbocycles. The zero-order chi connectivity index (χ0) is 28.4. The highest BCUT2D eigenvalue weighted by atomic mass is 19.4. The molecule has 2 aromatic heterocycles. The number of carboxylic acid groups (broad SMARTS) is 1. The highest BCUT2D eigenvalue weighted by molar-refractivity contribution is 5.87. The number of hydrogen-bond donors (Lipinski definition) is 4. The number of hydrogen-bond acceptors (Lipinski definition) is 7. The van der Waals surface area contributed by atoms with Gasteiger partial charge in [0.25, 0.3) is 0 Å². The van der Waals surface area contributed by atoms with Crippen LogP contribution in [0.5, 0.6) is 0 Å². The van der Waals surface area contributed by atoms with E-state index in [2.05, 4.69) is 30.8 Å². The van der Waals surface area contributed by atoms with E-state index in [-0.39, 0.29) is 36.1 Å². The Morgan fingerprint density at radius 3 is 2.48 bits per heavy atom. The molecule has 0 bridgehead atoms. The van der Waals surface area contributed by atoms with Crippen LogP contribution in [-0.4, -0.2) is 56.3 Å². The van der Waals surface area contributed by atoms with Crippen LogP contribution in [-0.2, 0) is 17.4 Å². The van der Waals surface area contributed by atoms with Crippen LogP contribution in [0.2, 0.25) is 0 Å². The smallest absolute Gasteiger partial charge is 0.416 e. The number of aromatic amines is 1. The highest BCUT2D eigenvalue weighted by Gasteiger charge is 2.31. The molecule has 1 amide bonds. The second kappa shape index (κ2) is 11.1. The summed E-state index contributed by atoms with van der Waals surface area (Å²) in [6, 6.07) is 7.96. The highest BCUT2D eigenvalue weighted by Crippen LogP contribution is 2.39. The normalized spacial score (nSPS) is 19.2. The predicted molar refractivity (Wildman–Crippen MR) is 141 cm³/mol. The van der Waals surface area contributed by atoms with Crippen LogP contribution < -0.4 is 15.5 Å². The third-order valence-electron chi connectivity index (χ3n) is 7.35. The van der Waals surface area contributed by atoms with Crippen molar-refractivity contribution in [3.63, 3.8) is 0 Å². The Kier molecular flexibility index (Phi) is 7.63. The van der Waals surface area contributed by atoms with Gasteiger partial charge in [0.15, 0.2) is 11.5 Å². The standard InChI is InChI=1S/C27H30F3N7O3/c1-37(26-32-21(25(39)40)14-22(34-26)33-23-13-20(35-36-23)16-5-6-16)19-9-7-18(8-10-19)31-24(38)12-15-3-2-4-17(11-15)27(28,29)30/h2-4,11,13-14,16,18-19H,5-10,12H2,1H3,(H,31,38)(H,39,40)(H2,32,33,34,35,36). The number of aromatic carboxylic acids is 1. The van der Waals surface area contributed by atoms with Crippen molar-refractivity contribution in [2.75, 3.05) is 17.3 Å². The van der Waals surface area contributed by atoms with Gasteiger partial charge in [-0.15, -0.1) is 0 Å². The fourth-order valence-electron chi connectivity index (χ4n) is 4.99. The molecule has 2 aliphatic rings. The maximum atomic E-state index is 13.0. The average molecular weight is 558 g/mol. The maximum absolute atomic E-state index is 13.0. The summed E-state index contributed by atoms with van der Waals surface area (Å²) in [5, 5.41) is 22.8. The topological polar surface area (TPSA) is 136 Å². The molecule has 0 radical (unpaired) electrons. The minimum absolute atomic E-state index is 0.0142. The Bertz CT molecular complexity index is 1380. The first kappa shape index (κ1) is 27.4. The number of rotatable bonds is 9. The van der Waals surface area contributed by atoms with Gasteiger partial charge < -0.3 is 20.6 Å². The third-order valence-corrected chi connectivity index (χ3v) is 7.35. The first-order chi connectivity index (χ1) is 19.0. The Balaban J connectivity index is 1.18. The molecule has 4 N–H and O–H groups in total. The Hall–Kier alpha value is -4.16. The largest absolute Gasteiger partial charge is 0.477 e. The Morgan fingerprint density at radius 1 is 1.05 bits per heavy atom. The number of alkyl halides is 3. The van der Waals surface area contributed by atoms with Crippen molar-refractivity contribution in [2.24, 2.45) is 0 Å². The molecule has 10 nitrogen and oxygen atoms in total. The molecule has 3 aromatic rings. The number of carbonyl (C=O) groups excluding carboxylic acids is 1. The summed E-state index contributed by atoms with van der Waals surface area (Å²) in [6.45, 7) is 0. The first-order valence-electron chi connectivity index (χ1n) is 13.2. The molecule has 5 rings (SSSR count). The molecule has 0 saturated heterocycles. The number of amides is 1. The molecule has 0 unspecified atom stereocenters. The molecular weight excluding hydrogens is 527 g/mol. The Labute approximate surface area is 228 Å². The van der Waals surface area contributed by atoms with Gasteiger partial charge in [-0.05, 0) is 50.2 Å². The lowest BCUT2D eigenvalue weighted by Gasteiger charge is -2.35. The van der Waals surface area contributed by atoms with Gasteiger partial charge in [0, 0.05) is 42.9 Å². The zero-order valence-corrected chi connectivity index (χ0v) is 21.8. The summed E-state index contributed by atoms with van der Waals surface area (Å²) < 4.78 is 38.9. The zero-order valence-electron chi connectivity index (χ0n) is 21.8. The van der Waals surface area contributed by atoms with Crippen LogP contribution in [0.4, 0.5) is 30.8 Å². The number of halogens is 3. The van der Waals surface area contributed by atoms with Crippen LogP contribution in [0.25, 0.3) is 0 Å². The SMILES string of the molecule is CN(c1nc(Nc2cc(C3CC3)[nH]n2)cc(C(=O)O)n1)C1CCC(NC(=O)Cc2cccc(C(F)(F)F)c2)CC1. The van der Waals surface area contributed by atoms with E-state index >= 15 is 0 Å². The van der Waals surface area contributed by atoms with Crippen LogP contribution >= 0.6 is 0 Å². The molecule has 2 aliphatic carbocycles. The van der Waals surface area contributed by atoms with Gasteiger partial charge in [-0.2, -0.15) is 23.3 Å². The van der Waals surface area contributed by atoms with Gasteiger partial charge >= 0.3 is 12.1 Å². The minimum atomic E-state index is -4.46. The summed E-state index contributed by atoms with van der Waals surface area (Å²) in [4.78, 5) is 34.9. The van der Waals surface area contributed by atoms with Gasteiger partial charge in [0.2, 0.25) is 11.9 Å². The van der Waals surface area contributed by atoms with Crippen molar-refractivity contribution in [2.45, 2.75) is 69.1 Å². The lowest BCUT2D eigenvalue weighted by molar-refractivity contribution is -0.137. The third kappa shape index (κ3) is 6.69. The van der Waals surface area contributed by atoms with E-state index in [0.29, 0.717) is 48.8 Å². The number of benzene rings is 1. The van der Waals surface area contributed by atoms with Crippen molar-refractivity contribution in [1.82, 2.24) is 25.5 Å². The van der Waals surface area contributed by atoms with Crippen LogP contribution in [0.15, 0.2) is 36.4 Å². The fourth-order valence-corrected chi connectivity index (χ4v) is 4.99. The summed E-state index contributed by atoms with van der Waals surface area (Å²) >= 11 is 0. The van der Waals surface area contributed by atoms with E-state index < -0.39 is 17.7 Å². The molecule has 212 valence electrons. The molecule has 13 heteroatoms. The van der Waals surface area contributed by atoms with Crippen LogP contribution in [0.3, 0.4) is 0 Å². The molecule has 2 fully saturated rings. The van der Waals surface area contributed by atoms with Crippen molar-refractivity contribution >= 4 is 29.5 Å². The molecule has 0 aliphatic heterocycles. The first-order valence-corrected chi connectivity index (χ1v) is 13.2. The number of nitrogens with zero attached hydrogens (tertiary/aromatic N) is 4. The second-order valence-corrected chi connectivity index (χ2v) is 10.4. The van der Waals surface area contributed by atoms with Crippen molar-refractivity contribution in [3.05, 3.63) is 58.9 Å². The molecule has 2 saturated carbocycles. The van der Waals surface area contributed by atoms with Gasteiger partial charge in [0.05, 0.1) is 12.0 Å². The van der Waals surface area contributed by atoms with Crippen molar-refractivity contribution < 1.29 is 27.9 Å². The number of nitrogens with one attached hydrogen (secondary N) is 3. The lowest BCUT2D eigenvalue weighted by atomic mass is 9.90. The van der Waals surface area contributed by atoms with E-state index in [9.17, 15) is 27.9 Å². The van der Waals surface area contributed by atoms with E-state index in [4.69, 9.17) is 0 Å². The van der Waals surface area contributed by atoms with Crippen LogP contribution in [0, 0.1) is 0 Å². The lowest BCUT2D eigenvalue weighted by Crippen LogP contribution is -2.43. The Morgan fingerprint density at radius 2 is 1.80 bits per heavy atom. The molecule has 0 spiro atoms. The number of anilines is 3.